The van der Waals surface area contributed by atoms with Crippen LogP contribution in [-0.2, 0) is 0 Å². The van der Waals surface area contributed by atoms with Gasteiger partial charge in [-0.1, -0.05) is 11.3 Å². The van der Waals surface area contributed by atoms with E-state index in [9.17, 15) is 4.79 Å². The number of ether oxygens (including phenoxy) is 1. The molecule has 0 aliphatic rings. The Kier molecular flexibility index (Phi) is 1.51. The summed E-state index contributed by atoms with van der Waals surface area (Å²) in [5.41, 5.74) is -0.258. The van der Waals surface area contributed by atoms with Crippen LogP contribution in [0.15, 0.2) is 5.36 Å². The van der Waals surface area contributed by atoms with Crippen LogP contribution in [0.4, 0.5) is 0 Å². The zero-order valence-electron chi connectivity index (χ0n) is 6.12. The fraction of sp³-hybridized carbons (Fsp3) is 0.200. The standard InChI is InChI=1S/C5H5NO3S/c1-9-5-6-3(2-10-5)4(7)8/h2H,1H3,(H,7,8)/i2D. The number of carbonyl (C=O) groups is 1. The van der Waals surface area contributed by atoms with Crippen molar-refractivity contribution < 1.29 is 16.0 Å². The third-order valence-electron chi connectivity index (χ3n) is 0.815. The van der Waals surface area contributed by atoms with Crippen molar-refractivity contribution in [2.24, 2.45) is 0 Å². The fourth-order valence-electron chi connectivity index (χ4n) is 0.408. The number of aromatic nitrogens is 1. The summed E-state index contributed by atoms with van der Waals surface area (Å²) in [7, 11) is 1.38. The molecule has 0 aromatic carbocycles. The van der Waals surface area contributed by atoms with E-state index in [1.165, 1.54) is 7.11 Å². The average Bonchev–Trinajstić information content (AvgIpc) is 2.30. The van der Waals surface area contributed by atoms with Crippen molar-refractivity contribution in [2.45, 2.75) is 0 Å². The predicted molar refractivity (Wildman–Crippen MR) is 35.6 cm³/mol. The Morgan fingerprint density at radius 1 is 2.10 bits per heavy atom. The first-order valence-electron chi connectivity index (χ1n) is 2.90. The van der Waals surface area contributed by atoms with Gasteiger partial charge in [0.2, 0.25) is 0 Å². The molecule has 0 saturated carbocycles. The van der Waals surface area contributed by atoms with E-state index >= 15 is 0 Å². The minimum atomic E-state index is -1.20. The normalized spacial score (nSPS) is 10.7. The highest BCUT2D eigenvalue weighted by Crippen LogP contribution is 2.16. The van der Waals surface area contributed by atoms with Gasteiger partial charge < -0.3 is 9.84 Å². The lowest BCUT2D eigenvalue weighted by atomic mass is 10.5. The molecule has 0 bridgehead atoms. The first kappa shape index (κ1) is 5.67. The largest absolute Gasteiger partial charge is 0.476 e. The van der Waals surface area contributed by atoms with Gasteiger partial charge in [-0.25, -0.2) is 4.79 Å². The van der Waals surface area contributed by atoms with Crippen molar-refractivity contribution in [3.8, 4) is 5.19 Å². The van der Waals surface area contributed by atoms with Crippen LogP contribution in [0.5, 0.6) is 5.19 Å². The zero-order chi connectivity index (χ0) is 8.43. The Morgan fingerprint density at radius 3 is 3.10 bits per heavy atom. The van der Waals surface area contributed by atoms with E-state index in [1.54, 1.807) is 0 Å². The van der Waals surface area contributed by atoms with E-state index in [0.717, 1.165) is 11.3 Å². The smallest absolute Gasteiger partial charge is 0.355 e. The van der Waals surface area contributed by atoms with Gasteiger partial charge in [0.1, 0.15) is 0 Å². The predicted octanol–water partition coefficient (Wildman–Crippen LogP) is 0.850. The SMILES string of the molecule is [2H]c1sc(OC)nc1C(=O)O. The number of nitrogens with zero attached hydrogens (tertiary/aromatic N) is 1. The maximum Gasteiger partial charge on any atom is 0.355 e. The quantitative estimate of drug-likeness (QED) is 0.696. The van der Waals surface area contributed by atoms with Crippen LogP contribution in [0.25, 0.3) is 0 Å². The fourth-order valence-corrected chi connectivity index (χ4v) is 0.945. The van der Waals surface area contributed by atoms with Crippen LogP contribution in [0.3, 0.4) is 0 Å². The van der Waals surface area contributed by atoms with Crippen LogP contribution < -0.4 is 4.74 Å². The minimum Gasteiger partial charge on any atom is -0.476 e. The molecule has 0 fully saturated rings. The maximum absolute atomic E-state index is 10.3. The lowest BCUT2D eigenvalue weighted by Crippen LogP contribution is -1.95. The van der Waals surface area contributed by atoms with Gasteiger partial charge in [-0.15, -0.1) is 0 Å². The van der Waals surface area contributed by atoms with Gasteiger partial charge in [-0.3, -0.25) is 0 Å². The van der Waals surface area contributed by atoms with Crippen molar-refractivity contribution in [3.63, 3.8) is 0 Å². The molecule has 0 saturated heterocycles. The number of methoxy groups -OCH3 is 1. The molecule has 0 unspecified atom stereocenters. The molecule has 1 aromatic heterocycles. The van der Waals surface area contributed by atoms with E-state index in [2.05, 4.69) is 9.72 Å². The van der Waals surface area contributed by atoms with Gasteiger partial charge >= 0.3 is 5.97 Å². The summed E-state index contributed by atoms with van der Waals surface area (Å²) in [4.78, 5) is 13.9. The first-order chi connectivity index (χ1) is 5.15. The van der Waals surface area contributed by atoms with Gasteiger partial charge in [-0.05, 0) is 0 Å². The molecular weight excluding hydrogens is 154 g/mol. The number of thiazole rings is 1. The van der Waals surface area contributed by atoms with Crippen LogP contribution in [0, 0.1) is 0 Å². The highest BCUT2D eigenvalue weighted by molar-refractivity contribution is 7.11. The molecule has 1 N–H and O–H groups in total. The maximum atomic E-state index is 10.3. The summed E-state index contributed by atoms with van der Waals surface area (Å²) in [6.45, 7) is 0. The first-order valence-corrected chi connectivity index (χ1v) is 3.21. The van der Waals surface area contributed by atoms with E-state index in [4.69, 9.17) is 6.48 Å². The molecule has 4 nitrogen and oxygen atoms in total. The number of carboxylic acid groups (broad SMARTS) is 1. The Hall–Kier alpha value is -1.10. The monoisotopic (exact) mass is 160 g/mol. The van der Waals surface area contributed by atoms with E-state index in [1.807, 2.05) is 0 Å². The minimum absolute atomic E-state index is 0.0886. The molecule has 0 amide bonds. The van der Waals surface area contributed by atoms with Crippen LogP contribution in [0.1, 0.15) is 11.9 Å². The Bertz CT molecular complexity index is 285. The van der Waals surface area contributed by atoms with Gasteiger partial charge in [0.25, 0.3) is 5.19 Å². The topological polar surface area (TPSA) is 59.4 Å². The zero-order valence-corrected chi connectivity index (χ0v) is 5.94. The number of rotatable bonds is 2. The lowest BCUT2D eigenvalue weighted by Gasteiger charge is -1.86. The average molecular weight is 160 g/mol. The molecule has 0 radical (unpaired) electrons. The van der Waals surface area contributed by atoms with Gasteiger partial charge in [-0.2, -0.15) is 4.98 Å². The van der Waals surface area contributed by atoms with Crippen molar-refractivity contribution in [1.29, 1.82) is 0 Å². The highest BCUT2D eigenvalue weighted by Gasteiger charge is 2.07. The second kappa shape index (κ2) is 2.66. The summed E-state index contributed by atoms with van der Waals surface area (Å²) in [5, 5.41) is 8.56. The van der Waals surface area contributed by atoms with E-state index in [-0.39, 0.29) is 16.2 Å². The van der Waals surface area contributed by atoms with E-state index < -0.39 is 5.97 Å². The lowest BCUT2D eigenvalue weighted by molar-refractivity contribution is 0.0690. The van der Waals surface area contributed by atoms with Crippen LogP contribution >= 0.6 is 11.3 Å². The number of hydrogen-bond acceptors (Lipinski definition) is 4. The molecule has 0 aliphatic carbocycles. The van der Waals surface area contributed by atoms with Gasteiger partial charge in [0, 0.05) is 5.36 Å². The van der Waals surface area contributed by atoms with Crippen molar-refractivity contribution in [1.82, 2.24) is 4.98 Å². The summed E-state index contributed by atoms with van der Waals surface area (Å²) in [6.07, 6.45) is 0. The second-order valence-corrected chi connectivity index (χ2v) is 2.20. The summed E-state index contributed by atoms with van der Waals surface area (Å²) < 4.78 is 11.8. The van der Waals surface area contributed by atoms with Gasteiger partial charge in [0.15, 0.2) is 5.69 Å². The van der Waals surface area contributed by atoms with Crippen molar-refractivity contribution >= 4 is 17.3 Å². The van der Waals surface area contributed by atoms with Crippen LogP contribution in [-0.4, -0.2) is 23.2 Å². The molecular formula is C5H5NO3S. The van der Waals surface area contributed by atoms with Crippen LogP contribution in [0.2, 0.25) is 0 Å². The highest BCUT2D eigenvalue weighted by atomic mass is 32.1. The van der Waals surface area contributed by atoms with Crippen molar-refractivity contribution in [3.05, 3.63) is 11.1 Å². The van der Waals surface area contributed by atoms with Gasteiger partial charge in [0.05, 0.1) is 8.48 Å². The number of aromatic carboxylic acids is 1. The second-order valence-electron chi connectivity index (χ2n) is 1.44. The molecule has 0 aliphatic heterocycles. The number of carboxylic acids is 1. The molecule has 1 heterocycles. The Morgan fingerprint density at radius 2 is 2.80 bits per heavy atom. The molecule has 1 rings (SSSR count). The molecule has 1 aromatic rings. The summed E-state index contributed by atoms with van der Waals surface area (Å²) >= 11 is 0.895. The molecule has 10 heavy (non-hydrogen) atoms. The molecule has 54 valence electrons. The molecule has 0 spiro atoms. The summed E-state index contributed by atoms with van der Waals surface area (Å²) in [5.74, 6) is -1.20. The number of hydrogen-bond donors (Lipinski definition) is 1. The summed E-state index contributed by atoms with van der Waals surface area (Å²) in [6, 6.07) is 0. The Balaban J connectivity index is 3.07. The molecule has 0 atom stereocenters. The molecule has 5 heteroatoms. The van der Waals surface area contributed by atoms with Crippen molar-refractivity contribution in [2.75, 3.05) is 7.11 Å². The Labute approximate surface area is 62.5 Å². The third kappa shape index (κ3) is 1.24. The van der Waals surface area contributed by atoms with E-state index in [0.29, 0.717) is 0 Å². The third-order valence-corrected chi connectivity index (χ3v) is 1.54.